The van der Waals surface area contributed by atoms with E-state index in [0.29, 0.717) is 24.1 Å². The largest absolute Gasteiger partial charge is 0.323 e. The Bertz CT molecular complexity index is 808. The van der Waals surface area contributed by atoms with Crippen molar-refractivity contribution in [1.29, 1.82) is 0 Å². The quantitative estimate of drug-likeness (QED) is 0.756. The van der Waals surface area contributed by atoms with Crippen LogP contribution in [-0.2, 0) is 10.0 Å². The van der Waals surface area contributed by atoms with Gasteiger partial charge < -0.3 is 15.3 Å². The lowest BCUT2D eigenvalue weighted by atomic mass is 10.1. The lowest BCUT2D eigenvalue weighted by Crippen LogP contribution is -2.46. The monoisotopic (exact) mass is 310 g/mol. The summed E-state index contributed by atoms with van der Waals surface area (Å²) in [5.74, 6) is 0. The molecule has 0 amide bonds. The molecule has 7 nitrogen and oxygen atoms in total. The summed E-state index contributed by atoms with van der Waals surface area (Å²) in [6, 6.07) is 4.83. The van der Waals surface area contributed by atoms with Gasteiger partial charge in [-0.15, -0.1) is 0 Å². The number of likely N-dealkylation sites (N-methyl/N-ethyl adjacent to an activating group) is 1. The number of hydrogen-bond donors (Lipinski definition) is 3. The fraction of sp³-hybridized carbons (Fsp3) is 0.462. The number of aromatic nitrogens is 2. The summed E-state index contributed by atoms with van der Waals surface area (Å²) >= 11 is 0. The molecule has 114 valence electrons. The van der Waals surface area contributed by atoms with Crippen LogP contribution in [0.2, 0.25) is 0 Å². The maximum Gasteiger partial charge on any atom is 0.323 e. The maximum atomic E-state index is 12.7. The van der Waals surface area contributed by atoms with E-state index < -0.39 is 10.0 Å². The highest BCUT2D eigenvalue weighted by Gasteiger charge is 2.29. The Morgan fingerprint density at radius 1 is 1.29 bits per heavy atom. The Kier molecular flexibility index (Phi) is 3.60. The van der Waals surface area contributed by atoms with E-state index in [0.717, 1.165) is 12.8 Å². The van der Waals surface area contributed by atoms with Gasteiger partial charge in [0.2, 0.25) is 10.0 Å². The Labute approximate surface area is 122 Å². The molecular formula is C13H18N4O3S. The second-order valence-electron chi connectivity index (χ2n) is 5.28. The molecule has 1 unspecified atom stereocenters. The van der Waals surface area contributed by atoms with Gasteiger partial charge in [0.25, 0.3) is 0 Å². The van der Waals surface area contributed by atoms with Gasteiger partial charge in [-0.2, -0.15) is 4.31 Å². The molecule has 0 aliphatic carbocycles. The molecule has 0 saturated carbocycles. The number of aromatic amines is 2. The number of piperidine rings is 1. The molecule has 3 rings (SSSR count). The van der Waals surface area contributed by atoms with Crippen LogP contribution in [0.15, 0.2) is 27.9 Å². The van der Waals surface area contributed by atoms with Gasteiger partial charge in [-0.25, -0.2) is 13.2 Å². The van der Waals surface area contributed by atoms with E-state index in [2.05, 4.69) is 15.3 Å². The molecule has 1 aromatic carbocycles. The van der Waals surface area contributed by atoms with E-state index in [1.165, 1.54) is 16.4 Å². The van der Waals surface area contributed by atoms with Crippen LogP contribution in [0.4, 0.5) is 0 Å². The number of imidazole rings is 1. The first kappa shape index (κ1) is 14.3. The zero-order chi connectivity index (χ0) is 15.0. The summed E-state index contributed by atoms with van der Waals surface area (Å²) in [5, 5.41) is 3.13. The second-order valence-corrected chi connectivity index (χ2v) is 7.22. The number of benzene rings is 1. The Hall–Kier alpha value is -1.64. The van der Waals surface area contributed by atoms with Crippen molar-refractivity contribution in [2.24, 2.45) is 0 Å². The lowest BCUT2D eigenvalue weighted by molar-refractivity contribution is 0.293. The van der Waals surface area contributed by atoms with Gasteiger partial charge in [0, 0.05) is 19.1 Å². The standard InChI is InChI=1S/C13H18N4O3S/c1-14-9-3-2-6-17(8-9)21(19,20)10-4-5-11-12(7-10)16-13(18)15-11/h4-5,7,9,14H,2-3,6,8H2,1H3,(H2,15,16,18). The van der Waals surface area contributed by atoms with E-state index >= 15 is 0 Å². The highest BCUT2D eigenvalue weighted by molar-refractivity contribution is 7.89. The number of hydrogen-bond acceptors (Lipinski definition) is 4. The van der Waals surface area contributed by atoms with Crippen LogP contribution in [0.1, 0.15) is 12.8 Å². The Balaban J connectivity index is 1.97. The number of rotatable bonds is 3. The number of nitrogens with one attached hydrogen (secondary N) is 3. The first-order valence-electron chi connectivity index (χ1n) is 6.90. The van der Waals surface area contributed by atoms with Crippen LogP contribution in [-0.4, -0.2) is 48.9 Å². The molecule has 3 N–H and O–H groups in total. The normalized spacial score (nSPS) is 20.9. The Morgan fingerprint density at radius 2 is 2.05 bits per heavy atom. The third-order valence-corrected chi connectivity index (χ3v) is 5.78. The summed E-state index contributed by atoms with van der Waals surface area (Å²) in [7, 11) is -1.69. The van der Waals surface area contributed by atoms with E-state index in [1.54, 1.807) is 6.07 Å². The zero-order valence-corrected chi connectivity index (χ0v) is 12.5. The zero-order valence-electron chi connectivity index (χ0n) is 11.7. The van der Waals surface area contributed by atoms with E-state index in [9.17, 15) is 13.2 Å². The Morgan fingerprint density at radius 3 is 2.81 bits per heavy atom. The fourth-order valence-corrected chi connectivity index (χ4v) is 4.27. The predicted molar refractivity (Wildman–Crippen MR) is 79.8 cm³/mol. The predicted octanol–water partition coefficient (Wildman–Crippen LogP) is 0.229. The van der Waals surface area contributed by atoms with Crippen molar-refractivity contribution < 1.29 is 8.42 Å². The average molecular weight is 310 g/mol. The minimum absolute atomic E-state index is 0.185. The minimum Gasteiger partial charge on any atom is -0.316 e. The molecule has 1 aliphatic rings. The number of nitrogens with zero attached hydrogens (tertiary/aromatic N) is 1. The summed E-state index contributed by atoms with van der Waals surface area (Å²) in [6.07, 6.45) is 1.82. The molecule has 0 radical (unpaired) electrons. The molecule has 0 bridgehead atoms. The fourth-order valence-electron chi connectivity index (χ4n) is 2.72. The van der Waals surface area contributed by atoms with E-state index in [-0.39, 0.29) is 16.6 Å². The molecule has 1 fully saturated rings. The lowest BCUT2D eigenvalue weighted by Gasteiger charge is -2.31. The van der Waals surface area contributed by atoms with Crippen molar-refractivity contribution in [3.05, 3.63) is 28.7 Å². The van der Waals surface area contributed by atoms with Crippen LogP contribution in [0.3, 0.4) is 0 Å². The summed E-state index contributed by atoms with van der Waals surface area (Å²) in [6.45, 7) is 1.00. The van der Waals surface area contributed by atoms with Crippen LogP contribution >= 0.6 is 0 Å². The van der Waals surface area contributed by atoms with Crippen LogP contribution < -0.4 is 11.0 Å². The average Bonchev–Trinajstić information content (AvgIpc) is 2.86. The molecule has 21 heavy (non-hydrogen) atoms. The first-order valence-corrected chi connectivity index (χ1v) is 8.34. The second kappa shape index (κ2) is 5.28. The van der Waals surface area contributed by atoms with E-state index in [1.807, 2.05) is 7.05 Å². The summed E-state index contributed by atoms with van der Waals surface area (Å²) < 4.78 is 26.9. The number of sulfonamides is 1. The topological polar surface area (TPSA) is 98.1 Å². The van der Waals surface area contributed by atoms with Crippen LogP contribution in [0.5, 0.6) is 0 Å². The van der Waals surface area contributed by atoms with Crippen molar-refractivity contribution in [3.63, 3.8) is 0 Å². The summed E-state index contributed by atoms with van der Waals surface area (Å²) in [5.41, 5.74) is 0.765. The number of H-pyrrole nitrogens is 2. The molecule has 2 aromatic rings. The summed E-state index contributed by atoms with van der Waals surface area (Å²) in [4.78, 5) is 16.7. The van der Waals surface area contributed by atoms with Crippen molar-refractivity contribution in [3.8, 4) is 0 Å². The molecule has 8 heteroatoms. The molecule has 2 heterocycles. The molecule has 1 aromatic heterocycles. The maximum absolute atomic E-state index is 12.7. The third kappa shape index (κ3) is 2.61. The van der Waals surface area contributed by atoms with Crippen molar-refractivity contribution in [2.45, 2.75) is 23.8 Å². The van der Waals surface area contributed by atoms with Gasteiger partial charge in [-0.1, -0.05) is 0 Å². The van der Waals surface area contributed by atoms with E-state index in [4.69, 9.17) is 0 Å². The highest BCUT2D eigenvalue weighted by Crippen LogP contribution is 2.22. The van der Waals surface area contributed by atoms with Gasteiger partial charge in [-0.05, 0) is 38.1 Å². The molecule has 1 aliphatic heterocycles. The van der Waals surface area contributed by atoms with Crippen molar-refractivity contribution in [1.82, 2.24) is 19.6 Å². The molecule has 1 saturated heterocycles. The van der Waals surface area contributed by atoms with Gasteiger partial charge in [0.05, 0.1) is 15.9 Å². The van der Waals surface area contributed by atoms with Crippen LogP contribution in [0.25, 0.3) is 11.0 Å². The molecular weight excluding hydrogens is 292 g/mol. The van der Waals surface area contributed by atoms with Gasteiger partial charge in [0.15, 0.2) is 0 Å². The van der Waals surface area contributed by atoms with Gasteiger partial charge in [0.1, 0.15) is 0 Å². The minimum atomic E-state index is -3.53. The molecule has 0 spiro atoms. The van der Waals surface area contributed by atoms with Gasteiger partial charge in [-0.3, -0.25) is 0 Å². The first-order chi connectivity index (χ1) is 10.0. The third-order valence-electron chi connectivity index (χ3n) is 3.92. The van der Waals surface area contributed by atoms with Gasteiger partial charge >= 0.3 is 5.69 Å². The van der Waals surface area contributed by atoms with Crippen molar-refractivity contribution in [2.75, 3.05) is 20.1 Å². The van der Waals surface area contributed by atoms with Crippen LogP contribution in [0, 0.1) is 0 Å². The highest BCUT2D eigenvalue weighted by atomic mass is 32.2. The van der Waals surface area contributed by atoms with Crippen molar-refractivity contribution >= 4 is 21.1 Å². The molecule has 1 atom stereocenters. The smallest absolute Gasteiger partial charge is 0.316 e. The number of fused-ring (bicyclic) bond motifs is 1. The SMILES string of the molecule is CNC1CCCN(S(=O)(=O)c2ccc3[nH]c(=O)[nH]c3c2)C1.